The highest BCUT2D eigenvalue weighted by atomic mass is 16.5. The van der Waals surface area contributed by atoms with Crippen LogP contribution in [0.3, 0.4) is 0 Å². The molecule has 2 amide bonds. The predicted molar refractivity (Wildman–Crippen MR) is 69.6 cm³/mol. The van der Waals surface area contributed by atoms with Crippen molar-refractivity contribution in [1.29, 1.82) is 0 Å². The molecule has 2 N–H and O–H groups in total. The van der Waals surface area contributed by atoms with Crippen molar-refractivity contribution in [3.05, 3.63) is 29.3 Å². The van der Waals surface area contributed by atoms with Crippen molar-refractivity contribution in [3.8, 4) is 0 Å². The fraction of sp³-hybridized carbons (Fsp3) is 0.385. The van der Waals surface area contributed by atoms with Crippen LogP contribution in [0.5, 0.6) is 0 Å². The minimum absolute atomic E-state index is 0.105. The summed E-state index contributed by atoms with van der Waals surface area (Å²) in [5.74, 6) is -0.284. The zero-order valence-corrected chi connectivity index (χ0v) is 10.9. The van der Waals surface area contributed by atoms with Crippen LogP contribution in [0.15, 0.2) is 18.2 Å². The Morgan fingerprint density at radius 2 is 1.78 bits per heavy atom. The summed E-state index contributed by atoms with van der Waals surface area (Å²) in [6, 6.07) is 5.76. The maximum absolute atomic E-state index is 11.6. The first kappa shape index (κ1) is 14.0. The van der Waals surface area contributed by atoms with Gasteiger partial charge in [0.05, 0.1) is 6.61 Å². The number of carbonyl (C=O) groups excluding carboxylic acids is 2. The lowest BCUT2D eigenvalue weighted by Gasteiger charge is -2.08. The van der Waals surface area contributed by atoms with Crippen LogP contribution in [0, 0.1) is 13.8 Å². The highest BCUT2D eigenvalue weighted by Gasteiger charge is 2.06. The average molecular weight is 250 g/mol. The predicted octanol–water partition coefficient (Wildman–Crippen LogP) is 1.99. The van der Waals surface area contributed by atoms with Crippen molar-refractivity contribution in [2.24, 2.45) is 0 Å². The number of hydrogen-bond acceptors (Lipinski definition) is 3. The lowest BCUT2D eigenvalue weighted by atomic mass is 10.1. The van der Waals surface area contributed by atoms with Gasteiger partial charge in [0, 0.05) is 5.69 Å². The van der Waals surface area contributed by atoms with Crippen LogP contribution >= 0.6 is 0 Å². The highest BCUT2D eigenvalue weighted by molar-refractivity contribution is 5.93. The number of benzene rings is 1. The summed E-state index contributed by atoms with van der Waals surface area (Å²) < 4.78 is 4.65. The molecule has 0 heterocycles. The second-order valence-corrected chi connectivity index (χ2v) is 4.00. The third-order valence-corrected chi connectivity index (χ3v) is 2.17. The van der Waals surface area contributed by atoms with Gasteiger partial charge in [-0.3, -0.25) is 4.79 Å². The van der Waals surface area contributed by atoms with E-state index in [0.29, 0.717) is 0 Å². The Balaban J connectivity index is 2.47. The number of anilines is 1. The van der Waals surface area contributed by atoms with Gasteiger partial charge in [-0.15, -0.1) is 0 Å². The van der Waals surface area contributed by atoms with Crippen molar-refractivity contribution < 1.29 is 14.3 Å². The molecule has 0 saturated carbocycles. The van der Waals surface area contributed by atoms with Gasteiger partial charge in [0.15, 0.2) is 0 Å². The minimum atomic E-state index is -0.590. The quantitative estimate of drug-likeness (QED) is 0.858. The molecule has 0 bridgehead atoms. The zero-order valence-electron chi connectivity index (χ0n) is 10.9. The zero-order chi connectivity index (χ0) is 13.5. The molecule has 5 nitrogen and oxygen atoms in total. The number of aryl methyl sites for hydroxylation is 2. The third-order valence-electron chi connectivity index (χ3n) is 2.17. The van der Waals surface area contributed by atoms with Gasteiger partial charge in [0.2, 0.25) is 5.91 Å². The van der Waals surface area contributed by atoms with Crippen molar-refractivity contribution in [1.82, 2.24) is 5.32 Å². The molecule has 5 heteroatoms. The number of amides is 2. The van der Waals surface area contributed by atoms with Gasteiger partial charge in [-0.05, 0) is 44.0 Å². The topological polar surface area (TPSA) is 67.4 Å². The van der Waals surface area contributed by atoms with Gasteiger partial charge in [-0.25, -0.2) is 4.79 Å². The van der Waals surface area contributed by atoms with E-state index >= 15 is 0 Å². The van der Waals surface area contributed by atoms with Gasteiger partial charge in [-0.1, -0.05) is 6.07 Å². The summed E-state index contributed by atoms with van der Waals surface area (Å²) in [6.07, 6.45) is -0.590. The van der Waals surface area contributed by atoms with Crippen LogP contribution in [0.1, 0.15) is 18.1 Å². The molecule has 18 heavy (non-hydrogen) atoms. The summed E-state index contributed by atoms with van der Waals surface area (Å²) in [7, 11) is 0. The van der Waals surface area contributed by atoms with Gasteiger partial charge in [0.1, 0.15) is 6.54 Å². The molecule has 0 aliphatic carbocycles. The molecule has 0 radical (unpaired) electrons. The molecule has 1 aromatic rings. The van der Waals surface area contributed by atoms with Crippen LogP contribution in [-0.4, -0.2) is 25.2 Å². The molecule has 0 saturated heterocycles. The summed E-state index contributed by atoms with van der Waals surface area (Å²) in [5.41, 5.74) is 2.87. The number of carbonyl (C=O) groups is 2. The van der Waals surface area contributed by atoms with Crippen molar-refractivity contribution in [2.75, 3.05) is 18.5 Å². The summed E-state index contributed by atoms with van der Waals surface area (Å²) in [4.78, 5) is 22.6. The molecule has 0 fully saturated rings. The Morgan fingerprint density at radius 1 is 1.17 bits per heavy atom. The number of hydrogen-bond donors (Lipinski definition) is 2. The van der Waals surface area contributed by atoms with Gasteiger partial charge < -0.3 is 15.4 Å². The van der Waals surface area contributed by atoms with E-state index in [0.717, 1.165) is 16.8 Å². The van der Waals surface area contributed by atoms with E-state index in [1.54, 1.807) is 6.92 Å². The molecule has 0 spiro atoms. The smallest absolute Gasteiger partial charge is 0.407 e. The first-order chi connectivity index (χ1) is 8.51. The number of rotatable bonds is 4. The lowest BCUT2D eigenvalue weighted by Crippen LogP contribution is -2.33. The number of ether oxygens (including phenoxy) is 1. The van der Waals surface area contributed by atoms with Crippen LogP contribution < -0.4 is 10.6 Å². The largest absolute Gasteiger partial charge is 0.450 e. The maximum atomic E-state index is 11.6. The molecule has 1 aromatic carbocycles. The standard InChI is InChI=1S/C13H18N2O3/c1-4-18-13(17)14-8-12(16)15-11-6-9(2)5-10(3)7-11/h5-7H,4,8H2,1-3H3,(H,14,17)(H,15,16). The van der Waals surface area contributed by atoms with Gasteiger partial charge in [-0.2, -0.15) is 0 Å². The normalized spacial score (nSPS) is 9.72. The fourth-order valence-corrected chi connectivity index (χ4v) is 1.59. The summed E-state index contributed by atoms with van der Waals surface area (Å²) in [6.45, 7) is 5.80. The second kappa shape index (κ2) is 6.64. The van der Waals surface area contributed by atoms with Crippen molar-refractivity contribution >= 4 is 17.7 Å². The van der Waals surface area contributed by atoms with Gasteiger partial charge >= 0.3 is 6.09 Å². The first-order valence-corrected chi connectivity index (χ1v) is 5.80. The molecule has 98 valence electrons. The minimum Gasteiger partial charge on any atom is -0.450 e. The molecule has 1 rings (SSSR count). The Labute approximate surface area is 107 Å². The van der Waals surface area contributed by atoms with E-state index in [-0.39, 0.29) is 19.1 Å². The molecule has 0 aromatic heterocycles. The Hall–Kier alpha value is -2.04. The fourth-order valence-electron chi connectivity index (χ4n) is 1.59. The van der Waals surface area contributed by atoms with Crippen LogP contribution in [0.2, 0.25) is 0 Å². The summed E-state index contributed by atoms with van der Waals surface area (Å²) >= 11 is 0. The molecule has 0 aliphatic rings. The Bertz CT molecular complexity index is 424. The lowest BCUT2D eigenvalue weighted by molar-refractivity contribution is -0.115. The SMILES string of the molecule is CCOC(=O)NCC(=O)Nc1cc(C)cc(C)c1. The molecular weight excluding hydrogens is 232 g/mol. The monoisotopic (exact) mass is 250 g/mol. The van der Waals surface area contributed by atoms with Crippen LogP contribution in [-0.2, 0) is 9.53 Å². The molecule has 0 aliphatic heterocycles. The number of nitrogens with one attached hydrogen (secondary N) is 2. The van der Waals surface area contributed by atoms with E-state index in [9.17, 15) is 9.59 Å². The highest BCUT2D eigenvalue weighted by Crippen LogP contribution is 2.13. The van der Waals surface area contributed by atoms with Crippen molar-refractivity contribution in [3.63, 3.8) is 0 Å². The molecule has 0 atom stereocenters. The van der Waals surface area contributed by atoms with E-state index in [1.165, 1.54) is 0 Å². The second-order valence-electron chi connectivity index (χ2n) is 4.00. The maximum Gasteiger partial charge on any atom is 0.407 e. The Morgan fingerprint density at radius 3 is 2.33 bits per heavy atom. The molecule has 0 unspecified atom stereocenters. The van der Waals surface area contributed by atoms with E-state index in [4.69, 9.17) is 0 Å². The molecular formula is C13H18N2O3. The van der Waals surface area contributed by atoms with Crippen molar-refractivity contribution in [2.45, 2.75) is 20.8 Å². The van der Waals surface area contributed by atoms with Crippen LogP contribution in [0.25, 0.3) is 0 Å². The van der Waals surface area contributed by atoms with E-state index in [1.807, 2.05) is 32.0 Å². The van der Waals surface area contributed by atoms with Gasteiger partial charge in [0.25, 0.3) is 0 Å². The Kier molecular flexibility index (Phi) is 5.17. The van der Waals surface area contributed by atoms with E-state index in [2.05, 4.69) is 15.4 Å². The average Bonchev–Trinajstić information content (AvgIpc) is 2.25. The number of alkyl carbamates (subject to hydrolysis) is 1. The third kappa shape index (κ3) is 4.86. The summed E-state index contributed by atoms with van der Waals surface area (Å²) in [5, 5.41) is 5.07. The first-order valence-electron chi connectivity index (χ1n) is 5.80. The van der Waals surface area contributed by atoms with E-state index < -0.39 is 6.09 Å². The van der Waals surface area contributed by atoms with Crippen LogP contribution in [0.4, 0.5) is 10.5 Å².